The summed E-state index contributed by atoms with van der Waals surface area (Å²) in [5.41, 5.74) is 2.82. The second kappa shape index (κ2) is 5.58. The number of benzene rings is 1. The van der Waals surface area contributed by atoms with E-state index in [1.165, 1.54) is 24.4 Å². The summed E-state index contributed by atoms with van der Waals surface area (Å²) in [4.78, 5) is 14.0. The third-order valence-corrected chi connectivity index (χ3v) is 2.25. The molecule has 0 spiro atoms. The topological polar surface area (TPSA) is 101 Å². The predicted molar refractivity (Wildman–Crippen MR) is 70.2 cm³/mol. The Morgan fingerprint density at radius 1 is 1.37 bits per heavy atom. The summed E-state index contributed by atoms with van der Waals surface area (Å²) >= 11 is 0. The number of pyridine rings is 1. The first-order valence-corrected chi connectivity index (χ1v) is 5.34. The number of phenols is 1. The zero-order valence-electron chi connectivity index (χ0n) is 9.72. The first-order chi connectivity index (χ1) is 9.16. The summed E-state index contributed by atoms with van der Waals surface area (Å²) in [6.07, 6.45) is 3.02. The average Bonchev–Trinajstić information content (AvgIpc) is 2.41. The number of aromatic nitrogens is 1. The second-order valence-electron chi connectivity index (χ2n) is 3.59. The van der Waals surface area contributed by atoms with Gasteiger partial charge >= 0.3 is 5.69 Å². The Bertz CT molecular complexity index is 614. The number of phenolic OH excluding ortho intramolecular Hbond substituents is 1. The number of hydrazone groups is 1. The summed E-state index contributed by atoms with van der Waals surface area (Å²) in [6.45, 7) is 0. The van der Waals surface area contributed by atoms with Crippen LogP contribution in [0.4, 0.5) is 11.5 Å². The largest absolute Gasteiger partial charge is 0.502 e. The molecular weight excluding hydrogens is 248 g/mol. The number of nitro groups is 1. The lowest BCUT2D eigenvalue weighted by atomic mass is 10.2. The molecular formula is C12H10N4O3. The normalized spacial score (nSPS) is 10.5. The number of anilines is 1. The molecule has 7 heteroatoms. The van der Waals surface area contributed by atoms with Gasteiger partial charge in [0.25, 0.3) is 0 Å². The summed E-state index contributed by atoms with van der Waals surface area (Å²) in [6, 6.07) is 9.32. The summed E-state index contributed by atoms with van der Waals surface area (Å²) in [5.74, 6) is 0.187. The van der Waals surface area contributed by atoms with Gasteiger partial charge in [-0.25, -0.2) is 4.98 Å². The molecule has 1 aromatic heterocycles. The standard InChI is InChI=1S/C12H10N4O3/c17-11-5-4-9(7-10(11)16(18)19)8-14-15-12-3-1-2-6-13-12/h1-8,17H,(H,13,15)/b14-8+. The molecule has 0 aliphatic carbocycles. The van der Waals surface area contributed by atoms with Crippen molar-refractivity contribution in [2.45, 2.75) is 0 Å². The molecule has 0 saturated heterocycles. The monoisotopic (exact) mass is 258 g/mol. The van der Waals surface area contributed by atoms with Crippen molar-refractivity contribution in [1.29, 1.82) is 0 Å². The number of rotatable bonds is 4. The van der Waals surface area contributed by atoms with Crippen molar-refractivity contribution in [3.8, 4) is 5.75 Å². The average molecular weight is 258 g/mol. The molecule has 2 rings (SSSR count). The van der Waals surface area contributed by atoms with Crippen molar-refractivity contribution in [2.75, 3.05) is 5.43 Å². The van der Waals surface area contributed by atoms with E-state index < -0.39 is 4.92 Å². The Morgan fingerprint density at radius 3 is 2.89 bits per heavy atom. The van der Waals surface area contributed by atoms with Gasteiger partial charge in [-0.3, -0.25) is 15.5 Å². The molecule has 1 heterocycles. The molecule has 1 aromatic carbocycles. The molecule has 0 aliphatic rings. The van der Waals surface area contributed by atoms with E-state index in [4.69, 9.17) is 0 Å². The minimum atomic E-state index is -0.654. The van der Waals surface area contributed by atoms with Crippen LogP contribution in [-0.2, 0) is 0 Å². The van der Waals surface area contributed by atoms with Crippen LogP contribution in [0.3, 0.4) is 0 Å². The van der Waals surface area contributed by atoms with Gasteiger partial charge in [0, 0.05) is 17.8 Å². The highest BCUT2D eigenvalue weighted by molar-refractivity contribution is 5.81. The molecule has 0 fully saturated rings. The Kier molecular flexibility index (Phi) is 3.67. The van der Waals surface area contributed by atoms with E-state index in [1.54, 1.807) is 24.4 Å². The maximum Gasteiger partial charge on any atom is 0.311 e. The van der Waals surface area contributed by atoms with E-state index in [9.17, 15) is 15.2 Å². The zero-order chi connectivity index (χ0) is 13.7. The van der Waals surface area contributed by atoms with Crippen LogP contribution in [0.5, 0.6) is 5.75 Å². The highest BCUT2D eigenvalue weighted by atomic mass is 16.6. The number of nitrogens with zero attached hydrogens (tertiary/aromatic N) is 3. The summed E-state index contributed by atoms with van der Waals surface area (Å²) in [5, 5.41) is 23.8. The van der Waals surface area contributed by atoms with Crippen LogP contribution in [0.25, 0.3) is 0 Å². The third-order valence-electron chi connectivity index (χ3n) is 2.25. The predicted octanol–water partition coefficient (Wildman–Crippen LogP) is 2.14. The van der Waals surface area contributed by atoms with E-state index in [2.05, 4.69) is 15.5 Å². The minimum absolute atomic E-state index is 0.359. The summed E-state index contributed by atoms with van der Waals surface area (Å²) < 4.78 is 0. The van der Waals surface area contributed by atoms with Crippen LogP contribution < -0.4 is 5.43 Å². The van der Waals surface area contributed by atoms with E-state index >= 15 is 0 Å². The minimum Gasteiger partial charge on any atom is -0.502 e. The van der Waals surface area contributed by atoms with Crippen molar-refractivity contribution < 1.29 is 10.0 Å². The Hall–Kier alpha value is -2.96. The quantitative estimate of drug-likeness (QED) is 0.497. The maximum absolute atomic E-state index is 10.6. The molecule has 0 saturated carbocycles. The van der Waals surface area contributed by atoms with Crippen molar-refractivity contribution in [3.05, 3.63) is 58.3 Å². The SMILES string of the molecule is O=[N+]([O-])c1cc(/C=N/Nc2ccccn2)ccc1O. The number of aromatic hydroxyl groups is 1. The maximum atomic E-state index is 10.6. The van der Waals surface area contributed by atoms with Gasteiger partial charge in [-0.15, -0.1) is 0 Å². The number of nitrogens with one attached hydrogen (secondary N) is 1. The van der Waals surface area contributed by atoms with Crippen LogP contribution in [-0.4, -0.2) is 21.2 Å². The third kappa shape index (κ3) is 3.25. The molecule has 0 amide bonds. The van der Waals surface area contributed by atoms with Gasteiger partial charge in [-0.05, 0) is 24.3 Å². The number of hydrogen-bond acceptors (Lipinski definition) is 6. The molecule has 2 aromatic rings. The molecule has 7 nitrogen and oxygen atoms in total. The van der Waals surface area contributed by atoms with E-state index in [0.29, 0.717) is 11.4 Å². The fourth-order valence-electron chi connectivity index (χ4n) is 1.37. The lowest BCUT2D eigenvalue weighted by Gasteiger charge is -1.99. The smallest absolute Gasteiger partial charge is 0.311 e. The van der Waals surface area contributed by atoms with Crippen LogP contribution in [0.15, 0.2) is 47.7 Å². The Balaban J connectivity index is 2.11. The Morgan fingerprint density at radius 2 is 2.21 bits per heavy atom. The van der Waals surface area contributed by atoms with Crippen molar-refractivity contribution in [2.24, 2.45) is 5.10 Å². The molecule has 96 valence electrons. The molecule has 0 atom stereocenters. The van der Waals surface area contributed by atoms with Gasteiger partial charge in [0.05, 0.1) is 11.1 Å². The second-order valence-corrected chi connectivity index (χ2v) is 3.59. The van der Waals surface area contributed by atoms with E-state index in [0.717, 1.165) is 0 Å². The highest BCUT2D eigenvalue weighted by Gasteiger charge is 2.12. The summed E-state index contributed by atoms with van der Waals surface area (Å²) in [7, 11) is 0. The fraction of sp³-hybridized carbons (Fsp3) is 0. The van der Waals surface area contributed by atoms with Crippen molar-refractivity contribution in [1.82, 2.24) is 4.98 Å². The molecule has 2 N–H and O–H groups in total. The van der Waals surface area contributed by atoms with Crippen LogP contribution in [0.1, 0.15) is 5.56 Å². The van der Waals surface area contributed by atoms with Gasteiger partial charge in [0.1, 0.15) is 5.82 Å². The Labute approximate surface area is 108 Å². The van der Waals surface area contributed by atoms with Gasteiger partial charge in [0.15, 0.2) is 5.75 Å². The molecule has 0 unspecified atom stereocenters. The van der Waals surface area contributed by atoms with E-state index in [1.807, 2.05) is 0 Å². The highest BCUT2D eigenvalue weighted by Crippen LogP contribution is 2.25. The van der Waals surface area contributed by atoms with Crippen LogP contribution in [0, 0.1) is 10.1 Å². The lowest BCUT2D eigenvalue weighted by molar-refractivity contribution is -0.385. The van der Waals surface area contributed by atoms with Crippen molar-refractivity contribution >= 4 is 17.7 Å². The fourth-order valence-corrected chi connectivity index (χ4v) is 1.37. The van der Waals surface area contributed by atoms with Crippen molar-refractivity contribution in [3.63, 3.8) is 0 Å². The molecule has 0 radical (unpaired) electrons. The van der Waals surface area contributed by atoms with Crippen LogP contribution >= 0.6 is 0 Å². The van der Waals surface area contributed by atoms with Gasteiger partial charge in [-0.2, -0.15) is 5.10 Å². The first-order valence-electron chi connectivity index (χ1n) is 5.34. The van der Waals surface area contributed by atoms with E-state index in [-0.39, 0.29) is 11.4 Å². The zero-order valence-corrected chi connectivity index (χ0v) is 9.72. The molecule has 0 bridgehead atoms. The molecule has 19 heavy (non-hydrogen) atoms. The van der Waals surface area contributed by atoms with Gasteiger partial charge in [-0.1, -0.05) is 6.07 Å². The molecule has 0 aliphatic heterocycles. The van der Waals surface area contributed by atoms with Gasteiger partial charge in [0.2, 0.25) is 0 Å². The van der Waals surface area contributed by atoms with Gasteiger partial charge < -0.3 is 5.11 Å². The first kappa shape index (κ1) is 12.5. The lowest BCUT2D eigenvalue weighted by Crippen LogP contribution is -1.94. The number of nitro benzene ring substituents is 1. The van der Waals surface area contributed by atoms with Crippen LogP contribution in [0.2, 0.25) is 0 Å². The number of hydrogen-bond donors (Lipinski definition) is 2.